The van der Waals surface area contributed by atoms with Crippen LogP contribution in [0.5, 0.6) is 0 Å². The van der Waals surface area contributed by atoms with E-state index in [4.69, 9.17) is 0 Å². The van der Waals surface area contributed by atoms with E-state index in [0.29, 0.717) is 32.7 Å². The Balaban J connectivity index is 2.32. The molecular weight excluding hydrogens is 272 g/mol. The van der Waals surface area contributed by atoms with Gasteiger partial charge < -0.3 is 15.5 Å². The first-order chi connectivity index (χ1) is 9.74. The molecule has 0 radical (unpaired) electrons. The van der Waals surface area contributed by atoms with Crippen LogP contribution in [0.25, 0.3) is 0 Å². The van der Waals surface area contributed by atoms with Crippen LogP contribution in [-0.4, -0.2) is 73.8 Å². The lowest BCUT2D eigenvalue weighted by Crippen LogP contribution is -2.53. The van der Waals surface area contributed by atoms with Crippen LogP contribution >= 0.6 is 0 Å². The Morgan fingerprint density at radius 3 is 2.10 bits per heavy atom. The Kier molecular flexibility index (Phi) is 6.14. The summed E-state index contributed by atoms with van der Waals surface area (Å²) in [7, 11) is 1.61. The van der Waals surface area contributed by atoms with Gasteiger partial charge in [-0.15, -0.1) is 0 Å². The van der Waals surface area contributed by atoms with Crippen molar-refractivity contribution >= 4 is 17.7 Å². The Morgan fingerprint density at radius 1 is 1.05 bits per heavy atom. The largest absolute Gasteiger partial charge is 0.358 e. The number of piperazine rings is 1. The maximum absolute atomic E-state index is 12.0. The number of hydrogen-bond donors (Lipinski definition) is 2. The molecule has 1 heterocycles. The highest BCUT2D eigenvalue weighted by molar-refractivity contribution is 5.87. The van der Waals surface area contributed by atoms with E-state index in [-0.39, 0.29) is 24.3 Å². The van der Waals surface area contributed by atoms with Crippen LogP contribution in [0.2, 0.25) is 0 Å². The predicted molar refractivity (Wildman–Crippen MR) is 79.6 cm³/mol. The second kappa shape index (κ2) is 7.40. The first kappa shape index (κ1) is 17.4. The highest BCUT2D eigenvalue weighted by Crippen LogP contribution is 2.12. The number of amides is 3. The van der Waals surface area contributed by atoms with Gasteiger partial charge in [0.2, 0.25) is 17.7 Å². The van der Waals surface area contributed by atoms with Crippen molar-refractivity contribution in [2.45, 2.75) is 20.8 Å². The maximum Gasteiger partial charge on any atom is 0.242 e. The molecule has 120 valence electrons. The van der Waals surface area contributed by atoms with Crippen LogP contribution in [0.15, 0.2) is 0 Å². The van der Waals surface area contributed by atoms with E-state index >= 15 is 0 Å². The first-order valence-electron chi connectivity index (χ1n) is 7.23. The topological polar surface area (TPSA) is 81.8 Å². The van der Waals surface area contributed by atoms with Gasteiger partial charge in [-0.1, -0.05) is 20.8 Å². The molecule has 0 bridgehead atoms. The van der Waals surface area contributed by atoms with Crippen LogP contribution < -0.4 is 10.6 Å². The van der Waals surface area contributed by atoms with E-state index in [1.54, 1.807) is 11.9 Å². The van der Waals surface area contributed by atoms with Crippen molar-refractivity contribution in [1.29, 1.82) is 0 Å². The second-order valence-electron chi connectivity index (χ2n) is 6.26. The quantitative estimate of drug-likeness (QED) is 0.700. The smallest absolute Gasteiger partial charge is 0.242 e. The summed E-state index contributed by atoms with van der Waals surface area (Å²) >= 11 is 0. The fourth-order valence-corrected chi connectivity index (χ4v) is 1.97. The van der Waals surface area contributed by atoms with E-state index in [1.807, 2.05) is 25.7 Å². The summed E-state index contributed by atoms with van der Waals surface area (Å²) in [5, 5.41) is 5.25. The van der Waals surface area contributed by atoms with E-state index < -0.39 is 5.41 Å². The van der Waals surface area contributed by atoms with Crippen LogP contribution in [0, 0.1) is 5.41 Å². The van der Waals surface area contributed by atoms with Gasteiger partial charge >= 0.3 is 0 Å². The van der Waals surface area contributed by atoms with E-state index in [9.17, 15) is 14.4 Å². The molecule has 1 saturated heterocycles. The van der Waals surface area contributed by atoms with Gasteiger partial charge in [-0.05, 0) is 0 Å². The van der Waals surface area contributed by atoms with Crippen molar-refractivity contribution in [2.24, 2.45) is 5.41 Å². The number of hydrogen-bond acceptors (Lipinski definition) is 4. The SMILES string of the molecule is CNC(=O)CN1CCN(C(=O)CNC(=O)C(C)(C)C)CC1. The van der Waals surface area contributed by atoms with Gasteiger partial charge in [0.05, 0.1) is 13.1 Å². The summed E-state index contributed by atoms with van der Waals surface area (Å²) in [5.74, 6) is -0.228. The van der Waals surface area contributed by atoms with E-state index in [1.165, 1.54) is 0 Å². The van der Waals surface area contributed by atoms with Crippen molar-refractivity contribution in [3.63, 3.8) is 0 Å². The highest BCUT2D eigenvalue weighted by atomic mass is 16.2. The van der Waals surface area contributed by atoms with Crippen molar-refractivity contribution < 1.29 is 14.4 Å². The normalized spacial score (nSPS) is 16.5. The molecule has 7 heteroatoms. The predicted octanol–water partition coefficient (Wildman–Crippen LogP) is -0.961. The minimum Gasteiger partial charge on any atom is -0.358 e. The molecule has 0 spiro atoms. The molecule has 1 rings (SSSR count). The van der Waals surface area contributed by atoms with Gasteiger partial charge in [0, 0.05) is 38.6 Å². The average Bonchev–Trinajstić information content (AvgIpc) is 2.43. The Hall–Kier alpha value is -1.63. The summed E-state index contributed by atoms with van der Waals surface area (Å²) in [5.41, 5.74) is -0.494. The molecule has 1 aliphatic heterocycles. The van der Waals surface area contributed by atoms with Crippen LogP contribution in [0.1, 0.15) is 20.8 Å². The van der Waals surface area contributed by atoms with Crippen molar-refractivity contribution in [2.75, 3.05) is 46.3 Å². The summed E-state index contributed by atoms with van der Waals surface area (Å²) in [4.78, 5) is 38.8. The lowest BCUT2D eigenvalue weighted by Gasteiger charge is -2.34. The molecule has 1 fully saturated rings. The molecule has 0 aromatic carbocycles. The number of rotatable bonds is 4. The number of carbonyl (C=O) groups excluding carboxylic acids is 3. The minimum atomic E-state index is -0.494. The third-order valence-corrected chi connectivity index (χ3v) is 3.45. The number of nitrogens with one attached hydrogen (secondary N) is 2. The first-order valence-corrected chi connectivity index (χ1v) is 7.23. The highest BCUT2D eigenvalue weighted by Gasteiger charge is 2.25. The van der Waals surface area contributed by atoms with E-state index in [0.717, 1.165) is 0 Å². The second-order valence-corrected chi connectivity index (χ2v) is 6.26. The summed E-state index contributed by atoms with van der Waals surface area (Å²) < 4.78 is 0. The van der Waals surface area contributed by atoms with Crippen molar-refractivity contribution in [3.8, 4) is 0 Å². The summed E-state index contributed by atoms with van der Waals surface area (Å²) in [6.07, 6.45) is 0. The van der Waals surface area contributed by atoms with Gasteiger partial charge in [0.15, 0.2) is 0 Å². The van der Waals surface area contributed by atoms with Gasteiger partial charge in [-0.25, -0.2) is 0 Å². The molecule has 7 nitrogen and oxygen atoms in total. The standard InChI is InChI=1S/C14H26N4O3/c1-14(2,3)13(21)16-9-12(20)18-7-5-17(6-8-18)10-11(19)15-4/h5-10H2,1-4H3,(H,15,19)(H,16,21). The molecule has 0 saturated carbocycles. The lowest BCUT2D eigenvalue weighted by atomic mass is 9.96. The van der Waals surface area contributed by atoms with Crippen LogP contribution in [-0.2, 0) is 14.4 Å². The lowest BCUT2D eigenvalue weighted by molar-refractivity contribution is -0.136. The zero-order chi connectivity index (χ0) is 16.0. The van der Waals surface area contributed by atoms with Gasteiger partial charge in [-0.2, -0.15) is 0 Å². The molecular formula is C14H26N4O3. The molecule has 3 amide bonds. The fourth-order valence-electron chi connectivity index (χ4n) is 1.97. The molecule has 21 heavy (non-hydrogen) atoms. The number of carbonyl (C=O) groups is 3. The zero-order valence-corrected chi connectivity index (χ0v) is 13.4. The summed E-state index contributed by atoms with van der Waals surface area (Å²) in [6, 6.07) is 0. The Bertz CT molecular complexity index is 396. The van der Waals surface area contributed by atoms with Gasteiger partial charge in [-0.3, -0.25) is 19.3 Å². The molecule has 0 aromatic rings. The Morgan fingerprint density at radius 2 is 1.62 bits per heavy atom. The molecule has 2 N–H and O–H groups in total. The number of likely N-dealkylation sites (N-methyl/N-ethyl adjacent to an activating group) is 1. The summed E-state index contributed by atoms with van der Waals surface area (Å²) in [6.45, 7) is 8.34. The average molecular weight is 298 g/mol. The molecule has 0 atom stereocenters. The molecule has 0 aromatic heterocycles. The number of nitrogens with zero attached hydrogens (tertiary/aromatic N) is 2. The van der Waals surface area contributed by atoms with Crippen LogP contribution in [0.4, 0.5) is 0 Å². The maximum atomic E-state index is 12.0. The third-order valence-electron chi connectivity index (χ3n) is 3.45. The van der Waals surface area contributed by atoms with Gasteiger partial charge in [0.1, 0.15) is 0 Å². The van der Waals surface area contributed by atoms with Crippen molar-refractivity contribution in [1.82, 2.24) is 20.4 Å². The van der Waals surface area contributed by atoms with Gasteiger partial charge in [0.25, 0.3) is 0 Å². The molecule has 0 aliphatic carbocycles. The zero-order valence-electron chi connectivity index (χ0n) is 13.4. The molecule has 1 aliphatic rings. The monoisotopic (exact) mass is 298 g/mol. The van der Waals surface area contributed by atoms with E-state index in [2.05, 4.69) is 10.6 Å². The Labute approximate surface area is 126 Å². The van der Waals surface area contributed by atoms with Crippen molar-refractivity contribution in [3.05, 3.63) is 0 Å². The minimum absolute atomic E-state index is 0.0211. The molecule has 0 unspecified atom stereocenters. The van der Waals surface area contributed by atoms with Crippen LogP contribution in [0.3, 0.4) is 0 Å². The third kappa shape index (κ3) is 5.71. The fraction of sp³-hybridized carbons (Fsp3) is 0.786.